The minimum atomic E-state index is 0.231. The number of ether oxygens (including phenoxy) is 1. The molecule has 0 saturated carbocycles. The van der Waals surface area contributed by atoms with Crippen LogP contribution in [0.15, 0.2) is 0 Å². The highest BCUT2D eigenvalue weighted by Gasteiger charge is 2.43. The Morgan fingerprint density at radius 2 is 2.17 bits per heavy atom. The highest BCUT2D eigenvalue weighted by atomic mass is 32.2. The highest BCUT2D eigenvalue weighted by molar-refractivity contribution is 7.99. The van der Waals surface area contributed by atoms with Gasteiger partial charge in [-0.15, -0.1) is 0 Å². The molecular weight excluding hydrogens is 242 g/mol. The molecule has 3 heteroatoms. The Hall–Kier alpha value is 0.270. The lowest BCUT2D eigenvalue weighted by molar-refractivity contribution is -0.0881. The van der Waals surface area contributed by atoms with Crippen LogP contribution in [0.2, 0.25) is 0 Å². The molecule has 1 spiro atoms. The van der Waals surface area contributed by atoms with Crippen LogP contribution in [0, 0.1) is 11.8 Å². The molecule has 106 valence electrons. The SMILES string of the molecule is CCC(CC)C(NC)C1CCOC2(CCSC2)C1. The number of nitrogens with one attached hydrogen (secondary N) is 1. The highest BCUT2D eigenvalue weighted by Crippen LogP contribution is 2.42. The largest absolute Gasteiger partial charge is 0.374 e. The van der Waals surface area contributed by atoms with Crippen molar-refractivity contribution in [3.05, 3.63) is 0 Å². The summed E-state index contributed by atoms with van der Waals surface area (Å²) in [5, 5.41) is 3.62. The first-order valence-corrected chi connectivity index (χ1v) is 8.79. The van der Waals surface area contributed by atoms with Gasteiger partial charge in [-0.05, 0) is 43.9 Å². The minimum absolute atomic E-state index is 0.231. The molecular formula is C15H29NOS. The third kappa shape index (κ3) is 3.05. The first-order chi connectivity index (χ1) is 8.74. The summed E-state index contributed by atoms with van der Waals surface area (Å²) in [6.07, 6.45) is 6.38. The van der Waals surface area contributed by atoms with Gasteiger partial charge in [-0.2, -0.15) is 11.8 Å². The lowest BCUT2D eigenvalue weighted by atomic mass is 9.75. The van der Waals surface area contributed by atoms with E-state index in [-0.39, 0.29) is 5.60 Å². The van der Waals surface area contributed by atoms with Gasteiger partial charge in [0.05, 0.1) is 5.60 Å². The van der Waals surface area contributed by atoms with Gasteiger partial charge < -0.3 is 10.1 Å². The molecule has 0 amide bonds. The number of rotatable bonds is 5. The van der Waals surface area contributed by atoms with Gasteiger partial charge in [-0.25, -0.2) is 0 Å². The Bertz CT molecular complexity index is 249. The van der Waals surface area contributed by atoms with Gasteiger partial charge in [-0.1, -0.05) is 26.7 Å². The van der Waals surface area contributed by atoms with Crippen molar-refractivity contribution in [3.8, 4) is 0 Å². The summed E-state index contributed by atoms with van der Waals surface area (Å²) in [7, 11) is 2.15. The Morgan fingerprint density at radius 1 is 1.39 bits per heavy atom. The Labute approximate surface area is 117 Å². The van der Waals surface area contributed by atoms with Crippen LogP contribution >= 0.6 is 11.8 Å². The standard InChI is InChI=1S/C15H29NOS/c1-4-12(5-2)14(16-3)13-6-8-17-15(10-13)7-9-18-11-15/h12-14,16H,4-11H2,1-3H3. The Kier molecular flexibility index (Phi) is 5.40. The smallest absolute Gasteiger partial charge is 0.0783 e. The predicted octanol–water partition coefficient (Wildman–Crippen LogP) is 3.31. The van der Waals surface area contributed by atoms with E-state index in [0.29, 0.717) is 6.04 Å². The predicted molar refractivity (Wildman–Crippen MR) is 80.3 cm³/mol. The van der Waals surface area contributed by atoms with E-state index in [0.717, 1.165) is 18.4 Å². The lowest BCUT2D eigenvalue weighted by Gasteiger charge is -2.43. The fourth-order valence-electron chi connectivity index (χ4n) is 3.89. The number of hydrogen-bond acceptors (Lipinski definition) is 3. The van der Waals surface area contributed by atoms with Crippen molar-refractivity contribution in [2.75, 3.05) is 25.2 Å². The molecule has 2 rings (SSSR count). The van der Waals surface area contributed by atoms with Crippen molar-refractivity contribution in [2.45, 2.75) is 57.6 Å². The molecule has 2 fully saturated rings. The maximum Gasteiger partial charge on any atom is 0.0783 e. The van der Waals surface area contributed by atoms with Crippen LogP contribution < -0.4 is 5.32 Å². The molecule has 0 aromatic rings. The molecule has 2 aliphatic rings. The van der Waals surface area contributed by atoms with Crippen molar-refractivity contribution in [1.29, 1.82) is 0 Å². The molecule has 1 N–H and O–H groups in total. The van der Waals surface area contributed by atoms with Crippen LogP contribution in [0.25, 0.3) is 0 Å². The van der Waals surface area contributed by atoms with E-state index in [1.165, 1.54) is 43.6 Å². The van der Waals surface area contributed by atoms with E-state index in [2.05, 4.69) is 38.0 Å². The Balaban J connectivity index is 2.01. The summed E-state index contributed by atoms with van der Waals surface area (Å²) in [5.41, 5.74) is 0.231. The normalized spacial score (nSPS) is 34.3. The van der Waals surface area contributed by atoms with Gasteiger partial charge in [0.25, 0.3) is 0 Å². The monoisotopic (exact) mass is 271 g/mol. The average Bonchev–Trinajstić information content (AvgIpc) is 2.83. The first-order valence-electron chi connectivity index (χ1n) is 7.63. The molecule has 18 heavy (non-hydrogen) atoms. The summed E-state index contributed by atoms with van der Waals surface area (Å²) < 4.78 is 6.15. The lowest BCUT2D eigenvalue weighted by Crippen LogP contribution is -2.48. The molecule has 0 bridgehead atoms. The summed E-state index contributed by atoms with van der Waals surface area (Å²) in [6, 6.07) is 0.686. The average molecular weight is 271 g/mol. The van der Waals surface area contributed by atoms with Gasteiger partial charge >= 0.3 is 0 Å². The first kappa shape index (κ1) is 14.7. The second kappa shape index (κ2) is 6.62. The van der Waals surface area contributed by atoms with Crippen molar-refractivity contribution < 1.29 is 4.74 Å². The third-order valence-electron chi connectivity index (χ3n) is 5.00. The van der Waals surface area contributed by atoms with Crippen molar-refractivity contribution in [3.63, 3.8) is 0 Å². The quantitative estimate of drug-likeness (QED) is 0.829. The fourth-order valence-corrected chi connectivity index (χ4v) is 5.27. The molecule has 0 aromatic heterocycles. The maximum absolute atomic E-state index is 6.15. The maximum atomic E-state index is 6.15. The van der Waals surface area contributed by atoms with Gasteiger partial charge in [0.1, 0.15) is 0 Å². The minimum Gasteiger partial charge on any atom is -0.374 e. The van der Waals surface area contributed by atoms with Crippen LogP contribution in [0.1, 0.15) is 46.0 Å². The van der Waals surface area contributed by atoms with E-state index in [1.54, 1.807) is 0 Å². The summed E-state index contributed by atoms with van der Waals surface area (Å²) in [4.78, 5) is 0. The molecule has 2 nitrogen and oxygen atoms in total. The van der Waals surface area contributed by atoms with Crippen molar-refractivity contribution >= 4 is 11.8 Å². The molecule has 2 aliphatic heterocycles. The van der Waals surface area contributed by atoms with Crippen LogP contribution in [0.4, 0.5) is 0 Å². The van der Waals surface area contributed by atoms with Gasteiger partial charge in [0.15, 0.2) is 0 Å². The zero-order chi connectivity index (χ0) is 13.0. The second-order valence-corrected chi connectivity index (χ2v) is 7.08. The number of hydrogen-bond donors (Lipinski definition) is 1. The molecule has 3 unspecified atom stereocenters. The summed E-state index contributed by atoms with van der Waals surface area (Å²) in [5.74, 6) is 4.15. The van der Waals surface area contributed by atoms with E-state index in [4.69, 9.17) is 4.74 Å². The van der Waals surface area contributed by atoms with E-state index < -0.39 is 0 Å². The zero-order valence-corrected chi connectivity index (χ0v) is 13.0. The van der Waals surface area contributed by atoms with Crippen LogP contribution in [0.3, 0.4) is 0 Å². The van der Waals surface area contributed by atoms with Crippen LogP contribution in [0.5, 0.6) is 0 Å². The molecule has 2 saturated heterocycles. The molecule has 0 aliphatic carbocycles. The van der Waals surface area contributed by atoms with Crippen molar-refractivity contribution in [2.24, 2.45) is 11.8 Å². The molecule has 0 radical (unpaired) electrons. The van der Waals surface area contributed by atoms with Crippen molar-refractivity contribution in [1.82, 2.24) is 5.32 Å². The van der Waals surface area contributed by atoms with E-state index >= 15 is 0 Å². The number of thioether (sulfide) groups is 1. The second-order valence-electron chi connectivity index (χ2n) is 5.98. The third-order valence-corrected chi connectivity index (χ3v) is 6.22. The molecule has 3 atom stereocenters. The Morgan fingerprint density at radius 3 is 2.72 bits per heavy atom. The summed E-state index contributed by atoms with van der Waals surface area (Å²) in [6.45, 7) is 5.64. The van der Waals surface area contributed by atoms with Crippen LogP contribution in [-0.2, 0) is 4.74 Å². The van der Waals surface area contributed by atoms with E-state index in [9.17, 15) is 0 Å². The topological polar surface area (TPSA) is 21.3 Å². The zero-order valence-electron chi connectivity index (χ0n) is 12.2. The molecule has 2 heterocycles. The van der Waals surface area contributed by atoms with Gasteiger partial charge in [0.2, 0.25) is 0 Å². The van der Waals surface area contributed by atoms with Crippen LogP contribution in [-0.4, -0.2) is 36.8 Å². The van der Waals surface area contributed by atoms with E-state index in [1.807, 2.05) is 0 Å². The summed E-state index contributed by atoms with van der Waals surface area (Å²) >= 11 is 2.08. The van der Waals surface area contributed by atoms with Gasteiger partial charge in [-0.3, -0.25) is 0 Å². The fraction of sp³-hybridized carbons (Fsp3) is 1.00. The van der Waals surface area contributed by atoms with Gasteiger partial charge in [0, 0.05) is 18.4 Å². The molecule has 0 aromatic carbocycles.